The first-order chi connectivity index (χ1) is 12.8. The van der Waals surface area contributed by atoms with Crippen LogP contribution in [0.1, 0.15) is 69.9 Å². The van der Waals surface area contributed by atoms with Crippen molar-refractivity contribution in [3.05, 3.63) is 11.6 Å². The van der Waals surface area contributed by atoms with Crippen LogP contribution in [0.5, 0.6) is 0 Å². The van der Waals surface area contributed by atoms with Gasteiger partial charge in [0.25, 0.3) is 0 Å². The van der Waals surface area contributed by atoms with Gasteiger partial charge in [0.1, 0.15) is 11.6 Å². The molecule has 2 aliphatic heterocycles. The Morgan fingerprint density at radius 3 is 2.74 bits per heavy atom. The third kappa shape index (κ3) is 4.77. The van der Waals surface area contributed by atoms with Gasteiger partial charge in [-0.2, -0.15) is 0 Å². The van der Waals surface area contributed by atoms with Gasteiger partial charge in [0, 0.05) is 45.6 Å². The average molecular weight is 486 g/mol. The Labute approximate surface area is 180 Å². The van der Waals surface area contributed by atoms with Crippen molar-refractivity contribution in [2.45, 2.75) is 77.7 Å². The van der Waals surface area contributed by atoms with Gasteiger partial charge in [0.15, 0.2) is 5.96 Å². The number of rotatable bonds is 4. The number of fused-ring (bicyclic) bond motifs is 1. The van der Waals surface area contributed by atoms with Crippen LogP contribution in [0, 0.1) is 5.41 Å². The van der Waals surface area contributed by atoms with Crippen LogP contribution < -0.4 is 5.32 Å². The summed E-state index contributed by atoms with van der Waals surface area (Å²) >= 11 is 0. The number of hydrogen-bond acceptors (Lipinski definition) is 3. The standard InChI is InChI=1S/C20H34N6.HI/c1-2-21-19(25-15-12-20(16-25)10-5-6-11-20)22-13-9-18-24-23-17-8-4-3-7-14-26(17)18;/h2-16H2,1H3,(H,21,22);1H. The fraction of sp³-hybridized carbons (Fsp3) is 0.850. The van der Waals surface area contributed by atoms with Gasteiger partial charge in [-0.25, -0.2) is 0 Å². The van der Waals surface area contributed by atoms with E-state index in [0.717, 1.165) is 50.8 Å². The molecule has 1 aromatic heterocycles. The fourth-order valence-corrected chi connectivity index (χ4v) is 5.07. The molecule has 6 nitrogen and oxygen atoms in total. The average Bonchev–Trinajstić information content (AvgIpc) is 3.34. The maximum Gasteiger partial charge on any atom is 0.193 e. The molecule has 152 valence electrons. The van der Waals surface area contributed by atoms with Crippen LogP contribution in [0.25, 0.3) is 0 Å². The zero-order chi connectivity index (χ0) is 17.8. The van der Waals surface area contributed by atoms with Crippen molar-refractivity contribution in [1.82, 2.24) is 25.0 Å². The Kier molecular flexibility index (Phi) is 7.39. The Hall–Kier alpha value is -0.860. The van der Waals surface area contributed by atoms with Crippen molar-refractivity contribution < 1.29 is 0 Å². The SMILES string of the molecule is CCNC(=NCCc1nnc2n1CCCCC2)N1CCC2(CCCC2)C1.I. The molecule has 1 spiro atoms. The lowest BCUT2D eigenvalue weighted by Crippen LogP contribution is -2.41. The molecule has 0 atom stereocenters. The predicted molar refractivity (Wildman–Crippen MR) is 120 cm³/mol. The van der Waals surface area contributed by atoms with Gasteiger partial charge in [0.05, 0.1) is 0 Å². The van der Waals surface area contributed by atoms with E-state index in [9.17, 15) is 0 Å². The van der Waals surface area contributed by atoms with Gasteiger partial charge < -0.3 is 14.8 Å². The molecule has 3 aliphatic rings. The number of nitrogens with zero attached hydrogens (tertiary/aromatic N) is 5. The Morgan fingerprint density at radius 1 is 1.07 bits per heavy atom. The smallest absolute Gasteiger partial charge is 0.193 e. The second-order valence-electron chi connectivity index (χ2n) is 8.36. The van der Waals surface area contributed by atoms with Crippen LogP contribution in [-0.2, 0) is 19.4 Å². The Balaban J connectivity index is 0.00000210. The molecular formula is C20H35IN6. The topological polar surface area (TPSA) is 58.3 Å². The predicted octanol–water partition coefficient (Wildman–Crippen LogP) is 3.40. The van der Waals surface area contributed by atoms with Crippen molar-refractivity contribution in [3.8, 4) is 0 Å². The maximum atomic E-state index is 4.95. The van der Waals surface area contributed by atoms with E-state index in [2.05, 4.69) is 31.9 Å². The lowest BCUT2D eigenvalue weighted by Gasteiger charge is -2.26. The summed E-state index contributed by atoms with van der Waals surface area (Å²) < 4.78 is 2.35. The van der Waals surface area contributed by atoms with E-state index in [1.807, 2.05) is 0 Å². The van der Waals surface area contributed by atoms with Gasteiger partial charge in [-0.15, -0.1) is 34.2 Å². The third-order valence-corrected chi connectivity index (χ3v) is 6.52. The highest BCUT2D eigenvalue weighted by Crippen LogP contribution is 2.45. The molecule has 1 saturated carbocycles. The lowest BCUT2D eigenvalue weighted by atomic mass is 9.86. The molecule has 1 saturated heterocycles. The van der Waals surface area contributed by atoms with E-state index >= 15 is 0 Å². The summed E-state index contributed by atoms with van der Waals surface area (Å²) in [7, 11) is 0. The first-order valence-corrected chi connectivity index (χ1v) is 10.7. The van der Waals surface area contributed by atoms with E-state index in [0.29, 0.717) is 5.41 Å². The monoisotopic (exact) mass is 486 g/mol. The highest BCUT2D eigenvalue weighted by Gasteiger charge is 2.41. The molecule has 0 amide bonds. The van der Waals surface area contributed by atoms with Crippen LogP contribution in [-0.4, -0.2) is 51.8 Å². The summed E-state index contributed by atoms with van der Waals surface area (Å²) in [5.41, 5.74) is 0.584. The summed E-state index contributed by atoms with van der Waals surface area (Å²) in [6.45, 7) is 7.32. The summed E-state index contributed by atoms with van der Waals surface area (Å²) in [5.74, 6) is 3.40. The molecule has 1 aliphatic carbocycles. The minimum absolute atomic E-state index is 0. The van der Waals surface area contributed by atoms with Crippen LogP contribution >= 0.6 is 24.0 Å². The molecule has 2 fully saturated rings. The molecule has 3 heterocycles. The highest BCUT2D eigenvalue weighted by atomic mass is 127. The molecule has 1 aromatic rings. The molecule has 7 heteroatoms. The van der Waals surface area contributed by atoms with Gasteiger partial charge in [-0.1, -0.05) is 19.3 Å². The molecular weight excluding hydrogens is 451 g/mol. The number of hydrogen-bond donors (Lipinski definition) is 1. The number of aryl methyl sites for hydroxylation is 1. The van der Waals surface area contributed by atoms with Gasteiger partial charge in [0.2, 0.25) is 0 Å². The van der Waals surface area contributed by atoms with Crippen molar-refractivity contribution in [2.24, 2.45) is 10.4 Å². The van der Waals surface area contributed by atoms with Crippen LogP contribution in [0.15, 0.2) is 4.99 Å². The second-order valence-corrected chi connectivity index (χ2v) is 8.36. The fourth-order valence-electron chi connectivity index (χ4n) is 5.07. The van der Waals surface area contributed by atoms with Gasteiger partial charge >= 0.3 is 0 Å². The van der Waals surface area contributed by atoms with Gasteiger partial charge in [-0.05, 0) is 44.4 Å². The van der Waals surface area contributed by atoms with E-state index in [1.165, 1.54) is 63.7 Å². The van der Waals surface area contributed by atoms with Crippen molar-refractivity contribution in [2.75, 3.05) is 26.2 Å². The minimum atomic E-state index is 0. The molecule has 0 bridgehead atoms. The summed E-state index contributed by atoms with van der Waals surface area (Å²) in [5, 5.41) is 12.4. The number of likely N-dealkylation sites (tertiary alicyclic amines) is 1. The summed E-state index contributed by atoms with van der Waals surface area (Å²) in [4.78, 5) is 7.45. The number of nitrogens with one attached hydrogen (secondary N) is 1. The van der Waals surface area contributed by atoms with Crippen LogP contribution in [0.3, 0.4) is 0 Å². The molecule has 0 radical (unpaired) electrons. The highest BCUT2D eigenvalue weighted by molar-refractivity contribution is 14.0. The summed E-state index contributed by atoms with van der Waals surface area (Å²) in [6.07, 6.45) is 12.8. The van der Waals surface area contributed by atoms with Gasteiger partial charge in [-0.3, -0.25) is 4.99 Å². The van der Waals surface area contributed by atoms with E-state index < -0.39 is 0 Å². The normalized spacial score (nSPS) is 21.8. The number of aliphatic imine (C=N–C) groups is 1. The molecule has 4 rings (SSSR count). The lowest BCUT2D eigenvalue weighted by molar-refractivity contribution is 0.309. The van der Waals surface area contributed by atoms with Crippen molar-refractivity contribution in [1.29, 1.82) is 0 Å². The molecule has 0 unspecified atom stereocenters. The first kappa shape index (κ1) is 20.9. The molecule has 27 heavy (non-hydrogen) atoms. The van der Waals surface area contributed by atoms with E-state index in [4.69, 9.17) is 4.99 Å². The second kappa shape index (κ2) is 9.56. The maximum absolute atomic E-state index is 4.95. The Morgan fingerprint density at radius 2 is 1.93 bits per heavy atom. The molecule has 0 aromatic carbocycles. The van der Waals surface area contributed by atoms with Crippen molar-refractivity contribution >= 4 is 29.9 Å². The zero-order valence-corrected chi connectivity index (χ0v) is 19.1. The van der Waals surface area contributed by atoms with Crippen molar-refractivity contribution in [3.63, 3.8) is 0 Å². The first-order valence-electron chi connectivity index (χ1n) is 10.7. The Bertz CT molecular complexity index is 634. The van der Waals surface area contributed by atoms with E-state index in [-0.39, 0.29) is 24.0 Å². The third-order valence-electron chi connectivity index (χ3n) is 6.52. The summed E-state index contributed by atoms with van der Waals surface area (Å²) in [6, 6.07) is 0. The zero-order valence-electron chi connectivity index (χ0n) is 16.8. The number of guanidine groups is 1. The molecule has 1 N–H and O–H groups in total. The minimum Gasteiger partial charge on any atom is -0.357 e. The number of aromatic nitrogens is 3. The van der Waals surface area contributed by atoms with Crippen LogP contribution in [0.4, 0.5) is 0 Å². The quantitative estimate of drug-likeness (QED) is 0.403. The number of halogens is 1. The van der Waals surface area contributed by atoms with E-state index in [1.54, 1.807) is 0 Å². The van der Waals surface area contributed by atoms with Crippen LogP contribution in [0.2, 0.25) is 0 Å². The largest absolute Gasteiger partial charge is 0.357 e.